The minimum absolute atomic E-state index is 0.178. The lowest BCUT2D eigenvalue weighted by Gasteiger charge is -2.38. The van der Waals surface area contributed by atoms with Gasteiger partial charge in [0, 0.05) is 43.0 Å². The first-order valence-electron chi connectivity index (χ1n) is 12.7. The summed E-state index contributed by atoms with van der Waals surface area (Å²) in [5, 5.41) is 3.57. The Labute approximate surface area is 206 Å². The summed E-state index contributed by atoms with van der Waals surface area (Å²) in [6.07, 6.45) is 5.10. The van der Waals surface area contributed by atoms with Crippen LogP contribution in [-0.2, 0) is 9.53 Å². The lowest BCUT2D eigenvalue weighted by atomic mass is 9.82. The van der Waals surface area contributed by atoms with E-state index in [0.717, 1.165) is 61.5 Å². The molecule has 1 aromatic carbocycles. The van der Waals surface area contributed by atoms with Crippen molar-refractivity contribution in [3.05, 3.63) is 59.5 Å². The number of amides is 1. The molecular formula is C29H43N3O2. The van der Waals surface area contributed by atoms with E-state index < -0.39 is 0 Å². The monoisotopic (exact) mass is 465 g/mol. The minimum Gasteiger partial charge on any atom is -0.488 e. The number of carbonyl (C=O) groups is 1. The Bertz CT molecular complexity index is 954. The van der Waals surface area contributed by atoms with Crippen LogP contribution in [0.5, 0.6) is 0 Å². The fourth-order valence-corrected chi connectivity index (χ4v) is 4.54. The van der Waals surface area contributed by atoms with Crippen molar-refractivity contribution in [3.8, 4) is 0 Å². The highest BCUT2D eigenvalue weighted by Crippen LogP contribution is 2.31. The van der Waals surface area contributed by atoms with Gasteiger partial charge in [-0.05, 0) is 88.3 Å². The lowest BCUT2D eigenvalue weighted by molar-refractivity contribution is -0.129. The fourth-order valence-electron chi connectivity index (χ4n) is 4.54. The summed E-state index contributed by atoms with van der Waals surface area (Å²) in [5.41, 5.74) is 4.17. The van der Waals surface area contributed by atoms with Crippen molar-refractivity contribution in [1.29, 1.82) is 0 Å². The van der Waals surface area contributed by atoms with Crippen LogP contribution in [0.25, 0.3) is 5.76 Å². The number of anilines is 1. The summed E-state index contributed by atoms with van der Waals surface area (Å²) in [5.74, 6) is 1.94. The summed E-state index contributed by atoms with van der Waals surface area (Å²) in [6, 6.07) is 8.34. The summed E-state index contributed by atoms with van der Waals surface area (Å²) >= 11 is 0. The first-order chi connectivity index (χ1) is 15.9. The van der Waals surface area contributed by atoms with Crippen LogP contribution in [0.15, 0.2) is 53.9 Å². The van der Waals surface area contributed by atoms with Gasteiger partial charge in [-0.3, -0.25) is 4.79 Å². The van der Waals surface area contributed by atoms with Crippen LogP contribution in [0.3, 0.4) is 0 Å². The van der Waals surface area contributed by atoms with Crippen molar-refractivity contribution >= 4 is 17.4 Å². The highest BCUT2D eigenvalue weighted by atomic mass is 16.5. The third kappa shape index (κ3) is 6.25. The smallest absolute Gasteiger partial charge is 0.251 e. The number of nitrogens with zero attached hydrogens (tertiary/aromatic N) is 2. The largest absolute Gasteiger partial charge is 0.488 e. The van der Waals surface area contributed by atoms with Crippen LogP contribution >= 0.6 is 0 Å². The highest BCUT2D eigenvalue weighted by Gasteiger charge is 2.30. The molecule has 1 saturated heterocycles. The maximum atomic E-state index is 13.2. The zero-order chi connectivity index (χ0) is 25.1. The van der Waals surface area contributed by atoms with Crippen LogP contribution in [0, 0.1) is 5.41 Å². The van der Waals surface area contributed by atoms with Crippen LogP contribution in [0.1, 0.15) is 73.3 Å². The first-order valence-corrected chi connectivity index (χ1v) is 12.7. The molecule has 5 nitrogen and oxygen atoms in total. The molecule has 1 aromatic rings. The average Bonchev–Trinajstić information content (AvgIpc) is 2.78. The molecule has 3 rings (SSSR count). The molecule has 2 aliphatic heterocycles. The number of hydrogen-bond donors (Lipinski definition) is 1. The van der Waals surface area contributed by atoms with Crippen molar-refractivity contribution in [2.75, 3.05) is 31.1 Å². The Morgan fingerprint density at radius 2 is 1.76 bits per heavy atom. The van der Waals surface area contributed by atoms with Gasteiger partial charge in [0.05, 0.1) is 0 Å². The molecule has 0 radical (unpaired) electrons. The lowest BCUT2D eigenvalue weighted by Crippen LogP contribution is -2.44. The van der Waals surface area contributed by atoms with E-state index in [-0.39, 0.29) is 11.5 Å². The fraction of sp³-hybridized carbons (Fsp3) is 0.552. The van der Waals surface area contributed by atoms with Gasteiger partial charge in [0.25, 0.3) is 5.91 Å². The zero-order valence-electron chi connectivity index (χ0n) is 22.3. The van der Waals surface area contributed by atoms with Gasteiger partial charge < -0.3 is 19.9 Å². The molecule has 5 heteroatoms. The molecule has 0 aliphatic carbocycles. The standard InChI is InChI=1S/C29H43N3O2/c1-9-22-19-24(27(33)31-17-15-29(7,8)16-18-31)20-30-26(22)32(10-2)25-13-11-23(12-14-25)21(3)34-28(4,5)6/h11-14,19,30H,3,9-10,15-18,20H2,1-2,4-8H3. The van der Waals surface area contributed by atoms with Crippen molar-refractivity contribution in [1.82, 2.24) is 10.2 Å². The second kappa shape index (κ2) is 10.3. The van der Waals surface area contributed by atoms with E-state index in [1.807, 2.05) is 25.7 Å². The van der Waals surface area contributed by atoms with Gasteiger partial charge in [-0.25, -0.2) is 0 Å². The van der Waals surface area contributed by atoms with Crippen molar-refractivity contribution < 1.29 is 9.53 Å². The maximum absolute atomic E-state index is 13.2. The molecular weight excluding hydrogens is 422 g/mol. The normalized spacial score (nSPS) is 18.2. The number of rotatable bonds is 7. The number of allylic oxidation sites excluding steroid dienone is 2. The molecule has 0 saturated carbocycles. The molecule has 0 bridgehead atoms. The Morgan fingerprint density at radius 1 is 1.15 bits per heavy atom. The van der Waals surface area contributed by atoms with Gasteiger partial charge in [0.2, 0.25) is 0 Å². The number of likely N-dealkylation sites (tertiary alicyclic amines) is 1. The minimum atomic E-state index is -0.274. The van der Waals surface area contributed by atoms with Gasteiger partial charge in [-0.15, -0.1) is 0 Å². The molecule has 1 N–H and O–H groups in total. The quantitative estimate of drug-likeness (QED) is 0.494. The molecule has 1 fully saturated rings. The predicted molar refractivity (Wildman–Crippen MR) is 142 cm³/mol. The summed E-state index contributed by atoms with van der Waals surface area (Å²) < 4.78 is 5.92. The van der Waals surface area contributed by atoms with Crippen molar-refractivity contribution in [2.45, 2.75) is 73.3 Å². The molecule has 34 heavy (non-hydrogen) atoms. The van der Waals surface area contributed by atoms with E-state index in [4.69, 9.17) is 4.74 Å². The van der Waals surface area contributed by atoms with E-state index in [9.17, 15) is 4.79 Å². The van der Waals surface area contributed by atoms with E-state index >= 15 is 0 Å². The number of piperidine rings is 1. The topological polar surface area (TPSA) is 44.8 Å². The van der Waals surface area contributed by atoms with Crippen molar-refractivity contribution in [3.63, 3.8) is 0 Å². The number of dihydropyridines is 1. The van der Waals surface area contributed by atoms with Crippen LogP contribution in [0.2, 0.25) is 0 Å². The highest BCUT2D eigenvalue weighted by molar-refractivity contribution is 5.95. The van der Waals surface area contributed by atoms with Gasteiger partial charge in [-0.1, -0.05) is 27.4 Å². The second-order valence-corrected chi connectivity index (χ2v) is 11.1. The van der Waals surface area contributed by atoms with Gasteiger partial charge in [0.1, 0.15) is 17.2 Å². The molecule has 186 valence electrons. The molecule has 2 heterocycles. The molecule has 0 aromatic heterocycles. The molecule has 0 spiro atoms. The summed E-state index contributed by atoms with van der Waals surface area (Å²) in [6.45, 7) is 22.1. The number of ether oxygens (including phenoxy) is 1. The zero-order valence-corrected chi connectivity index (χ0v) is 22.3. The van der Waals surface area contributed by atoms with Gasteiger partial charge >= 0.3 is 0 Å². The van der Waals surface area contributed by atoms with Gasteiger partial charge in [0.15, 0.2) is 0 Å². The van der Waals surface area contributed by atoms with E-state index in [0.29, 0.717) is 17.7 Å². The van der Waals surface area contributed by atoms with Crippen LogP contribution in [-0.4, -0.2) is 42.6 Å². The van der Waals surface area contributed by atoms with Crippen LogP contribution < -0.4 is 10.2 Å². The number of benzene rings is 1. The van der Waals surface area contributed by atoms with Crippen LogP contribution in [0.4, 0.5) is 5.69 Å². The van der Waals surface area contributed by atoms with E-state index in [2.05, 4.69) is 74.8 Å². The Hall–Kier alpha value is -2.69. The number of hydrogen-bond acceptors (Lipinski definition) is 4. The predicted octanol–water partition coefficient (Wildman–Crippen LogP) is 6.10. The Kier molecular flexibility index (Phi) is 7.84. The summed E-state index contributed by atoms with van der Waals surface area (Å²) in [4.78, 5) is 17.5. The van der Waals surface area contributed by atoms with Gasteiger partial charge in [-0.2, -0.15) is 0 Å². The van der Waals surface area contributed by atoms with E-state index in [1.165, 1.54) is 5.57 Å². The Balaban J connectivity index is 1.79. The molecule has 2 aliphatic rings. The average molecular weight is 466 g/mol. The molecule has 0 atom stereocenters. The van der Waals surface area contributed by atoms with E-state index in [1.54, 1.807) is 0 Å². The number of carbonyl (C=O) groups excluding carboxylic acids is 1. The Morgan fingerprint density at radius 3 is 2.29 bits per heavy atom. The third-order valence-corrected chi connectivity index (χ3v) is 6.68. The summed E-state index contributed by atoms with van der Waals surface area (Å²) in [7, 11) is 0. The maximum Gasteiger partial charge on any atom is 0.251 e. The number of nitrogens with one attached hydrogen (secondary N) is 1. The first kappa shape index (κ1) is 25.9. The molecule has 0 unspecified atom stereocenters. The molecule has 1 amide bonds. The van der Waals surface area contributed by atoms with Crippen molar-refractivity contribution in [2.24, 2.45) is 5.41 Å². The SMILES string of the molecule is C=C(OC(C)(C)C)c1ccc(N(CC)C2=C(CC)C=C(C(=O)N3CCC(C)(C)CC3)CN2)cc1. The second-order valence-electron chi connectivity index (χ2n) is 11.1. The third-order valence-electron chi connectivity index (χ3n) is 6.68.